The van der Waals surface area contributed by atoms with E-state index in [9.17, 15) is 0 Å². The van der Waals surface area contributed by atoms with Gasteiger partial charge in [0.25, 0.3) is 0 Å². The largest absolute Gasteiger partial charge is 0.260 e. The van der Waals surface area contributed by atoms with Crippen molar-refractivity contribution in [2.45, 2.75) is 40.5 Å². The number of aromatic nitrogens is 4. The summed E-state index contributed by atoms with van der Waals surface area (Å²) in [6.07, 6.45) is 8.74. The van der Waals surface area contributed by atoms with Gasteiger partial charge in [0.1, 0.15) is 0 Å². The Morgan fingerprint density at radius 1 is 0.478 bits per heavy atom. The van der Waals surface area contributed by atoms with E-state index in [1.165, 1.54) is 0 Å². The Bertz CT molecular complexity index is 1550. The summed E-state index contributed by atoms with van der Waals surface area (Å²) < 4.78 is 0. The molecule has 0 spiro atoms. The summed E-state index contributed by atoms with van der Waals surface area (Å²) in [6, 6.07) is 23.7. The first-order chi connectivity index (χ1) is 19.5. The van der Waals surface area contributed by atoms with E-state index >= 15 is 0 Å². The molecule has 46 heavy (non-hydrogen) atoms. The second-order valence-electron chi connectivity index (χ2n) is 9.69. The standard InChI is InChI=1S/C34H32N6.4BrH.2Co/c1-23-24(2)34(38-22-18-28-12-10-16-32(40-28)30-14-6-8-20-36-30)26(4)25(3)33(23)37-21-17-27-11-9-15-31(39-27)29-13-5-7-19-35-29;;;;;;/h5-16,19-22H,17-18H2,1-4H3;4*1H;;. The summed E-state index contributed by atoms with van der Waals surface area (Å²) in [5, 5.41) is 0. The average Bonchev–Trinajstić information content (AvgIpc) is 3.01. The van der Waals surface area contributed by atoms with Gasteiger partial charge in [0.2, 0.25) is 0 Å². The van der Waals surface area contributed by atoms with Crippen molar-refractivity contribution in [2.24, 2.45) is 9.98 Å². The van der Waals surface area contributed by atoms with Crippen molar-refractivity contribution in [1.82, 2.24) is 19.9 Å². The molecule has 0 aliphatic rings. The van der Waals surface area contributed by atoms with Gasteiger partial charge in [0.15, 0.2) is 0 Å². The zero-order chi connectivity index (χ0) is 27.9. The number of benzene rings is 1. The molecule has 5 rings (SSSR count). The Labute approximate surface area is 334 Å². The summed E-state index contributed by atoms with van der Waals surface area (Å²) in [5.74, 6) is 0. The van der Waals surface area contributed by atoms with Gasteiger partial charge in [-0.15, -0.1) is 67.9 Å². The molecule has 0 saturated carbocycles. The van der Waals surface area contributed by atoms with Crippen LogP contribution >= 0.6 is 67.9 Å². The molecular formula is C34H36Br4Co2N6. The van der Waals surface area contributed by atoms with Crippen LogP contribution in [0.4, 0.5) is 11.4 Å². The SMILES string of the molecule is Br.Br.Br.Br.Cc1c(C)c(N=CCc2cccc(-c3ccccn3)n2)c(C)c(C)c1N=CCc1cccc(-c2ccccn2)n1.[Co].[Co]. The second-order valence-corrected chi connectivity index (χ2v) is 9.69. The molecule has 0 saturated heterocycles. The van der Waals surface area contributed by atoms with Crippen LogP contribution < -0.4 is 0 Å². The summed E-state index contributed by atoms with van der Waals surface area (Å²) >= 11 is 0. The fourth-order valence-electron chi connectivity index (χ4n) is 4.62. The van der Waals surface area contributed by atoms with E-state index in [-0.39, 0.29) is 101 Å². The molecular weight excluding hydrogens is 930 g/mol. The van der Waals surface area contributed by atoms with Crippen molar-refractivity contribution < 1.29 is 33.6 Å². The molecule has 0 aliphatic carbocycles. The van der Waals surface area contributed by atoms with Gasteiger partial charge in [-0.3, -0.25) is 29.9 Å². The summed E-state index contributed by atoms with van der Waals surface area (Å²) in [6.45, 7) is 8.47. The molecule has 0 aliphatic heterocycles. The zero-order valence-corrected chi connectivity index (χ0v) is 34.6. The van der Waals surface area contributed by atoms with Gasteiger partial charge < -0.3 is 0 Å². The van der Waals surface area contributed by atoms with Crippen molar-refractivity contribution in [3.05, 3.63) is 119 Å². The van der Waals surface area contributed by atoms with Gasteiger partial charge in [0, 0.05) is 82.6 Å². The first-order valence-electron chi connectivity index (χ1n) is 13.4. The van der Waals surface area contributed by atoms with Crippen LogP contribution in [0.2, 0.25) is 0 Å². The minimum Gasteiger partial charge on any atom is -0.260 e. The minimum atomic E-state index is 0. The van der Waals surface area contributed by atoms with E-state index < -0.39 is 0 Å². The van der Waals surface area contributed by atoms with Gasteiger partial charge in [0.05, 0.1) is 34.2 Å². The van der Waals surface area contributed by atoms with Crippen LogP contribution in [-0.2, 0) is 46.4 Å². The maximum absolute atomic E-state index is 4.88. The molecule has 1 aromatic carbocycles. The Morgan fingerprint density at radius 2 is 0.826 bits per heavy atom. The molecule has 0 fully saturated rings. The number of pyridine rings is 4. The number of hydrogen-bond acceptors (Lipinski definition) is 6. The van der Waals surface area contributed by atoms with E-state index in [2.05, 4.69) is 37.7 Å². The average molecular weight is 966 g/mol. The number of hydrogen-bond donors (Lipinski definition) is 0. The molecule has 0 N–H and O–H groups in total. The molecule has 6 nitrogen and oxygen atoms in total. The molecule has 0 amide bonds. The fourth-order valence-corrected chi connectivity index (χ4v) is 4.62. The van der Waals surface area contributed by atoms with E-state index in [0.29, 0.717) is 12.8 Å². The number of nitrogens with zero attached hydrogens (tertiary/aromatic N) is 6. The van der Waals surface area contributed by atoms with Crippen molar-refractivity contribution in [2.75, 3.05) is 0 Å². The van der Waals surface area contributed by atoms with Crippen LogP contribution in [0.5, 0.6) is 0 Å². The molecule has 0 atom stereocenters. The normalized spacial score (nSPS) is 10.0. The first-order valence-corrected chi connectivity index (χ1v) is 13.4. The molecule has 2 radical (unpaired) electrons. The molecule has 0 bridgehead atoms. The topological polar surface area (TPSA) is 76.3 Å². The van der Waals surface area contributed by atoms with Gasteiger partial charge >= 0.3 is 0 Å². The maximum atomic E-state index is 4.88. The monoisotopic (exact) mass is 962 g/mol. The van der Waals surface area contributed by atoms with Crippen LogP contribution in [0.1, 0.15) is 33.6 Å². The Balaban J connectivity index is 0. The van der Waals surface area contributed by atoms with E-state index in [4.69, 9.17) is 20.0 Å². The van der Waals surface area contributed by atoms with Gasteiger partial charge in [-0.2, -0.15) is 0 Å². The number of rotatable bonds is 8. The molecule has 4 aromatic heterocycles. The van der Waals surface area contributed by atoms with Crippen LogP contribution in [0.15, 0.2) is 95.2 Å². The van der Waals surface area contributed by atoms with Crippen molar-refractivity contribution >= 4 is 91.7 Å². The predicted octanol–water partition coefficient (Wildman–Crippen LogP) is 10.0. The van der Waals surface area contributed by atoms with Crippen LogP contribution in [-0.4, -0.2) is 32.4 Å². The van der Waals surface area contributed by atoms with E-state index in [1.54, 1.807) is 12.4 Å². The van der Waals surface area contributed by atoms with Crippen LogP contribution in [0.25, 0.3) is 22.8 Å². The Hall–Kier alpha value is -1.91. The number of aliphatic imine (C=N–C) groups is 2. The molecule has 248 valence electrons. The van der Waals surface area contributed by atoms with Crippen LogP contribution in [0, 0.1) is 27.7 Å². The zero-order valence-electron chi connectivity index (χ0n) is 25.6. The fraction of sp³-hybridized carbons (Fsp3) is 0.176. The van der Waals surface area contributed by atoms with Crippen LogP contribution in [0.3, 0.4) is 0 Å². The van der Waals surface area contributed by atoms with Crippen molar-refractivity contribution in [3.8, 4) is 22.8 Å². The third-order valence-electron chi connectivity index (χ3n) is 7.06. The van der Waals surface area contributed by atoms with Gasteiger partial charge in [-0.1, -0.05) is 24.3 Å². The second kappa shape index (κ2) is 22.6. The molecule has 12 heteroatoms. The van der Waals surface area contributed by atoms with E-state index in [1.807, 2.05) is 85.2 Å². The number of halogens is 4. The van der Waals surface area contributed by atoms with Crippen molar-refractivity contribution in [1.29, 1.82) is 0 Å². The first kappa shape index (κ1) is 46.2. The summed E-state index contributed by atoms with van der Waals surface area (Å²) in [7, 11) is 0. The Kier molecular flexibility index (Phi) is 22.7. The minimum absolute atomic E-state index is 0. The van der Waals surface area contributed by atoms with E-state index in [0.717, 1.165) is 67.8 Å². The third-order valence-corrected chi connectivity index (χ3v) is 7.06. The predicted molar refractivity (Wildman–Crippen MR) is 205 cm³/mol. The molecule has 5 aromatic rings. The quantitative estimate of drug-likeness (QED) is 0.145. The third kappa shape index (κ3) is 11.7. The molecule has 0 unspecified atom stereocenters. The van der Waals surface area contributed by atoms with Crippen molar-refractivity contribution in [3.63, 3.8) is 0 Å². The van der Waals surface area contributed by atoms with Gasteiger partial charge in [-0.25, -0.2) is 0 Å². The smallest absolute Gasteiger partial charge is 0.0889 e. The maximum Gasteiger partial charge on any atom is 0.0889 e. The summed E-state index contributed by atoms with van der Waals surface area (Å²) in [5.41, 5.74) is 11.9. The summed E-state index contributed by atoms with van der Waals surface area (Å²) in [4.78, 5) is 28.1. The Morgan fingerprint density at radius 3 is 1.15 bits per heavy atom. The van der Waals surface area contributed by atoms with Gasteiger partial charge in [-0.05, 0) is 98.5 Å². The molecule has 4 heterocycles.